The Morgan fingerprint density at radius 1 is 1.38 bits per heavy atom. The zero-order chi connectivity index (χ0) is 12.6. The Labute approximate surface area is 93.8 Å². The smallest absolute Gasteiger partial charge is 0.369 e. The Kier molecular flexibility index (Phi) is 6.90. The van der Waals surface area contributed by atoms with Gasteiger partial charge in [-0.3, -0.25) is 14.4 Å². The van der Waals surface area contributed by atoms with Crippen LogP contribution in [0.25, 0.3) is 0 Å². The van der Waals surface area contributed by atoms with Gasteiger partial charge in [0.05, 0.1) is 5.75 Å². The van der Waals surface area contributed by atoms with Crippen LogP contribution in [0.3, 0.4) is 0 Å². The largest absolute Gasteiger partial charge is 0.414 e. The fourth-order valence-electron chi connectivity index (χ4n) is 0.587. The summed E-state index contributed by atoms with van der Waals surface area (Å²) in [5, 5.41) is 0. The molecule has 0 saturated heterocycles. The van der Waals surface area contributed by atoms with E-state index in [1.807, 2.05) is 0 Å². The Balaban J connectivity index is 3.42. The molecule has 0 heterocycles. The predicted molar refractivity (Wildman–Crippen MR) is 51.3 cm³/mol. The summed E-state index contributed by atoms with van der Waals surface area (Å²) in [6.07, 6.45) is -4.52. The Morgan fingerprint density at radius 2 is 2.00 bits per heavy atom. The normalized spacial score (nSPS) is 11.2. The number of amides is 2. The third-order valence-corrected chi connectivity index (χ3v) is 2.12. The van der Waals surface area contributed by atoms with Gasteiger partial charge in [-0.15, -0.1) is 0 Å². The first-order valence-electron chi connectivity index (χ1n) is 4.14. The molecule has 5 nitrogen and oxygen atoms in total. The number of nitrogens with two attached hydrogens (primary N) is 1. The molecule has 9 heteroatoms. The molecule has 0 radical (unpaired) electrons. The van der Waals surface area contributed by atoms with Gasteiger partial charge < -0.3 is 5.73 Å². The first kappa shape index (κ1) is 15.0. The Morgan fingerprint density at radius 3 is 2.50 bits per heavy atom. The van der Waals surface area contributed by atoms with Gasteiger partial charge in [0.15, 0.2) is 6.61 Å². The number of thioether (sulfide) groups is 1. The number of nitrogens with one attached hydrogen (secondary N) is 1. The monoisotopic (exact) mass is 260 g/mol. The zero-order valence-corrected chi connectivity index (χ0v) is 8.99. The lowest BCUT2D eigenvalue weighted by Gasteiger charge is -2.07. The quantitative estimate of drug-likeness (QED) is 0.506. The lowest BCUT2D eigenvalue weighted by molar-refractivity contribution is -0.191. The van der Waals surface area contributed by atoms with E-state index in [1.165, 1.54) is 0 Å². The van der Waals surface area contributed by atoms with Crippen LogP contribution in [0, 0.1) is 0 Å². The van der Waals surface area contributed by atoms with E-state index in [1.54, 1.807) is 5.48 Å². The molecule has 3 N–H and O–H groups in total. The van der Waals surface area contributed by atoms with Crippen molar-refractivity contribution in [2.75, 3.05) is 18.1 Å². The zero-order valence-electron chi connectivity index (χ0n) is 8.17. The summed E-state index contributed by atoms with van der Waals surface area (Å²) in [5.74, 6) is -0.846. The van der Waals surface area contributed by atoms with Crippen molar-refractivity contribution in [2.45, 2.75) is 12.6 Å². The fourth-order valence-corrected chi connectivity index (χ4v) is 1.26. The summed E-state index contributed by atoms with van der Waals surface area (Å²) in [4.78, 5) is 25.0. The molecule has 0 rings (SSSR count). The standard InChI is InChI=1S/C7H11F3N2O3S/c8-7(9,10)4-15-12-6(14)1-2-16-3-5(11)13/h1-4H2,(H2,11,13)(H,12,14). The third-order valence-electron chi connectivity index (χ3n) is 1.14. The molecule has 2 amide bonds. The minimum atomic E-state index is -4.48. The summed E-state index contributed by atoms with van der Waals surface area (Å²) < 4.78 is 34.7. The van der Waals surface area contributed by atoms with Crippen molar-refractivity contribution in [1.82, 2.24) is 5.48 Å². The van der Waals surface area contributed by atoms with E-state index in [0.717, 1.165) is 11.8 Å². The Hall–Kier alpha value is -0.960. The number of rotatable bonds is 7. The molecular formula is C7H11F3N2O3S. The van der Waals surface area contributed by atoms with Crippen molar-refractivity contribution >= 4 is 23.6 Å². The van der Waals surface area contributed by atoms with Crippen LogP contribution in [-0.4, -0.2) is 36.1 Å². The number of alkyl halides is 3. The van der Waals surface area contributed by atoms with Gasteiger partial charge in [0, 0.05) is 12.2 Å². The van der Waals surface area contributed by atoms with Gasteiger partial charge in [0.2, 0.25) is 11.8 Å². The molecule has 0 saturated carbocycles. The van der Waals surface area contributed by atoms with Gasteiger partial charge in [0.1, 0.15) is 0 Å². The van der Waals surface area contributed by atoms with Gasteiger partial charge in [-0.2, -0.15) is 24.9 Å². The van der Waals surface area contributed by atoms with Crippen LogP contribution in [0.15, 0.2) is 0 Å². The van der Waals surface area contributed by atoms with Crippen LogP contribution in [0.4, 0.5) is 13.2 Å². The average molecular weight is 260 g/mol. The molecule has 0 aliphatic rings. The lowest BCUT2D eigenvalue weighted by Crippen LogP contribution is -2.29. The minimum absolute atomic E-state index is 0.0458. The predicted octanol–water partition coefficient (Wildman–Crippen LogP) is 0.205. The molecule has 94 valence electrons. The molecule has 0 aromatic carbocycles. The van der Waals surface area contributed by atoms with E-state index in [4.69, 9.17) is 5.73 Å². The molecule has 16 heavy (non-hydrogen) atoms. The van der Waals surface area contributed by atoms with Crippen LogP contribution in [0.5, 0.6) is 0 Å². The number of hydrogen-bond acceptors (Lipinski definition) is 4. The minimum Gasteiger partial charge on any atom is -0.369 e. The molecule has 0 spiro atoms. The maximum absolute atomic E-state index is 11.6. The lowest BCUT2D eigenvalue weighted by atomic mass is 10.5. The van der Waals surface area contributed by atoms with Crippen LogP contribution >= 0.6 is 11.8 Å². The molecule has 0 fully saturated rings. The average Bonchev–Trinajstić information content (AvgIpc) is 2.10. The van der Waals surface area contributed by atoms with E-state index < -0.39 is 24.6 Å². The maximum Gasteiger partial charge on any atom is 0.414 e. The molecule has 0 atom stereocenters. The number of carbonyl (C=O) groups is 2. The van der Waals surface area contributed by atoms with Crippen molar-refractivity contribution in [3.8, 4) is 0 Å². The number of halogens is 3. The highest BCUT2D eigenvalue weighted by Gasteiger charge is 2.28. The summed E-state index contributed by atoms with van der Waals surface area (Å²) in [6.45, 7) is -1.53. The van der Waals surface area contributed by atoms with Crippen LogP contribution in [0.1, 0.15) is 6.42 Å². The van der Waals surface area contributed by atoms with E-state index in [0.29, 0.717) is 0 Å². The van der Waals surface area contributed by atoms with Crippen molar-refractivity contribution < 1.29 is 27.6 Å². The second kappa shape index (κ2) is 7.34. The highest BCUT2D eigenvalue weighted by Crippen LogP contribution is 2.13. The summed E-state index contributed by atoms with van der Waals surface area (Å²) in [6, 6.07) is 0. The highest BCUT2D eigenvalue weighted by molar-refractivity contribution is 7.99. The summed E-state index contributed by atoms with van der Waals surface area (Å²) in [7, 11) is 0. The van der Waals surface area contributed by atoms with Crippen molar-refractivity contribution in [3.05, 3.63) is 0 Å². The number of primary amides is 1. The van der Waals surface area contributed by atoms with Crippen molar-refractivity contribution in [1.29, 1.82) is 0 Å². The molecule has 0 bridgehead atoms. The third kappa shape index (κ3) is 11.1. The molecule has 0 aromatic heterocycles. The van der Waals surface area contributed by atoms with E-state index >= 15 is 0 Å². The first-order chi connectivity index (χ1) is 7.31. The summed E-state index contributed by atoms with van der Waals surface area (Å²) in [5.41, 5.74) is 6.47. The van der Waals surface area contributed by atoms with E-state index in [-0.39, 0.29) is 17.9 Å². The highest BCUT2D eigenvalue weighted by atomic mass is 32.2. The van der Waals surface area contributed by atoms with Crippen molar-refractivity contribution in [3.63, 3.8) is 0 Å². The van der Waals surface area contributed by atoms with Gasteiger partial charge in [-0.1, -0.05) is 0 Å². The van der Waals surface area contributed by atoms with E-state index in [9.17, 15) is 22.8 Å². The molecule has 0 aliphatic heterocycles. The van der Waals surface area contributed by atoms with Gasteiger partial charge in [-0.25, -0.2) is 5.48 Å². The van der Waals surface area contributed by atoms with Crippen LogP contribution in [-0.2, 0) is 14.4 Å². The second-order valence-corrected chi connectivity index (χ2v) is 3.80. The SMILES string of the molecule is NC(=O)CSCCC(=O)NOCC(F)(F)F. The number of hydrogen-bond donors (Lipinski definition) is 2. The number of hydroxylamine groups is 1. The van der Waals surface area contributed by atoms with Crippen molar-refractivity contribution in [2.24, 2.45) is 5.73 Å². The molecule has 0 unspecified atom stereocenters. The van der Waals surface area contributed by atoms with Crippen LogP contribution in [0.2, 0.25) is 0 Å². The number of carbonyl (C=O) groups excluding carboxylic acids is 2. The van der Waals surface area contributed by atoms with Crippen LogP contribution < -0.4 is 11.2 Å². The fraction of sp³-hybridized carbons (Fsp3) is 0.714. The van der Waals surface area contributed by atoms with Gasteiger partial charge in [0.25, 0.3) is 0 Å². The molecule has 0 aliphatic carbocycles. The van der Waals surface area contributed by atoms with E-state index in [2.05, 4.69) is 4.84 Å². The molecular weight excluding hydrogens is 249 g/mol. The topological polar surface area (TPSA) is 81.4 Å². The van der Waals surface area contributed by atoms with Gasteiger partial charge >= 0.3 is 6.18 Å². The second-order valence-electron chi connectivity index (χ2n) is 2.70. The summed E-state index contributed by atoms with van der Waals surface area (Å²) >= 11 is 1.12. The van der Waals surface area contributed by atoms with Gasteiger partial charge in [-0.05, 0) is 0 Å². The first-order valence-corrected chi connectivity index (χ1v) is 5.30. The maximum atomic E-state index is 11.6. The Bertz CT molecular complexity index is 248. The molecule has 0 aromatic rings.